The van der Waals surface area contributed by atoms with Crippen LogP contribution in [0.3, 0.4) is 0 Å². The van der Waals surface area contributed by atoms with Crippen LogP contribution in [0.25, 0.3) is 0 Å². The smallest absolute Gasteiger partial charge is 0.158 e. The van der Waals surface area contributed by atoms with Crippen LogP contribution in [0, 0.1) is 5.92 Å². The highest BCUT2D eigenvalue weighted by Crippen LogP contribution is 2.16. The summed E-state index contributed by atoms with van der Waals surface area (Å²) in [6, 6.07) is 0. The van der Waals surface area contributed by atoms with Gasteiger partial charge in [-0.15, -0.1) is 0 Å². The van der Waals surface area contributed by atoms with E-state index in [4.69, 9.17) is 4.74 Å². The predicted octanol–water partition coefficient (Wildman–Crippen LogP) is 1.45. The van der Waals surface area contributed by atoms with Crippen molar-refractivity contribution in [2.75, 3.05) is 6.73 Å². The number of hydrogen-bond acceptors (Lipinski definition) is 2. The van der Waals surface area contributed by atoms with Crippen LogP contribution in [0.4, 0.5) is 0 Å². The summed E-state index contributed by atoms with van der Waals surface area (Å²) in [4.78, 5) is 0. The zero-order valence-electron chi connectivity index (χ0n) is 6.19. The van der Waals surface area contributed by atoms with Crippen LogP contribution in [0.5, 0.6) is 0 Å². The third-order valence-electron chi connectivity index (χ3n) is 1.51. The Morgan fingerprint density at radius 2 is 2.22 bits per heavy atom. The monoisotopic (exact) mass is 127 g/mol. The van der Waals surface area contributed by atoms with Crippen LogP contribution >= 0.6 is 0 Å². The molecule has 0 aromatic rings. The SMILES string of the molecule is CC1=C(C(C)C)NCO1. The van der Waals surface area contributed by atoms with E-state index >= 15 is 0 Å². The van der Waals surface area contributed by atoms with E-state index in [1.165, 1.54) is 5.70 Å². The molecular formula is C7H13NO. The quantitative estimate of drug-likeness (QED) is 0.575. The Hall–Kier alpha value is -0.660. The Balaban J connectivity index is 2.66. The van der Waals surface area contributed by atoms with Gasteiger partial charge in [0.25, 0.3) is 0 Å². The number of hydrogen-bond donors (Lipinski definition) is 1. The van der Waals surface area contributed by atoms with E-state index in [2.05, 4.69) is 19.2 Å². The molecule has 0 aromatic heterocycles. The normalized spacial score (nSPS) is 18.2. The van der Waals surface area contributed by atoms with Gasteiger partial charge in [-0.05, 0) is 12.8 Å². The molecule has 0 spiro atoms. The molecule has 0 aliphatic carbocycles. The van der Waals surface area contributed by atoms with Crippen molar-refractivity contribution in [3.8, 4) is 0 Å². The van der Waals surface area contributed by atoms with Gasteiger partial charge in [0.15, 0.2) is 6.73 Å². The van der Waals surface area contributed by atoms with Gasteiger partial charge >= 0.3 is 0 Å². The molecule has 1 aliphatic heterocycles. The van der Waals surface area contributed by atoms with Crippen LogP contribution in [0.1, 0.15) is 20.8 Å². The average Bonchev–Trinajstić information content (AvgIpc) is 2.13. The Morgan fingerprint density at radius 1 is 1.56 bits per heavy atom. The fourth-order valence-electron chi connectivity index (χ4n) is 1.03. The second-order valence-electron chi connectivity index (χ2n) is 2.59. The van der Waals surface area contributed by atoms with Crippen LogP contribution in [0.2, 0.25) is 0 Å². The molecule has 0 bridgehead atoms. The van der Waals surface area contributed by atoms with Crippen LogP contribution in [-0.4, -0.2) is 6.73 Å². The molecule has 0 amide bonds. The van der Waals surface area contributed by atoms with Crippen molar-refractivity contribution >= 4 is 0 Å². The molecule has 1 aliphatic rings. The van der Waals surface area contributed by atoms with E-state index in [-0.39, 0.29) is 0 Å². The Labute approximate surface area is 55.9 Å². The van der Waals surface area contributed by atoms with Crippen LogP contribution in [0.15, 0.2) is 11.5 Å². The predicted molar refractivity (Wildman–Crippen MR) is 36.6 cm³/mol. The van der Waals surface area contributed by atoms with Crippen LogP contribution < -0.4 is 5.32 Å². The molecule has 0 radical (unpaired) electrons. The third-order valence-corrected chi connectivity index (χ3v) is 1.51. The minimum Gasteiger partial charge on any atom is -0.476 e. The molecule has 0 atom stereocenters. The lowest BCUT2D eigenvalue weighted by atomic mass is 10.1. The second-order valence-corrected chi connectivity index (χ2v) is 2.59. The van der Waals surface area contributed by atoms with Gasteiger partial charge in [-0.2, -0.15) is 0 Å². The lowest BCUT2D eigenvalue weighted by Crippen LogP contribution is -2.12. The molecule has 52 valence electrons. The average molecular weight is 127 g/mol. The van der Waals surface area contributed by atoms with E-state index in [1.807, 2.05) is 6.92 Å². The highest BCUT2D eigenvalue weighted by atomic mass is 16.5. The van der Waals surface area contributed by atoms with Gasteiger partial charge in [0.2, 0.25) is 0 Å². The van der Waals surface area contributed by atoms with Gasteiger partial charge < -0.3 is 10.1 Å². The standard InChI is InChI=1S/C7H13NO/c1-5(2)7-6(3)9-4-8-7/h5,8H,4H2,1-3H3. The number of nitrogens with one attached hydrogen (secondary N) is 1. The van der Waals surface area contributed by atoms with Crippen molar-refractivity contribution < 1.29 is 4.74 Å². The maximum atomic E-state index is 5.20. The van der Waals surface area contributed by atoms with Gasteiger partial charge in [0, 0.05) is 0 Å². The van der Waals surface area contributed by atoms with Gasteiger partial charge in [-0.3, -0.25) is 0 Å². The molecule has 1 heterocycles. The lowest BCUT2D eigenvalue weighted by Gasteiger charge is -2.04. The minimum absolute atomic E-state index is 0.562. The second kappa shape index (κ2) is 2.29. The molecule has 0 aromatic carbocycles. The van der Waals surface area contributed by atoms with Crippen molar-refractivity contribution in [2.45, 2.75) is 20.8 Å². The number of allylic oxidation sites excluding steroid dienone is 2. The molecule has 0 saturated carbocycles. The molecule has 2 heteroatoms. The number of ether oxygens (including phenoxy) is 1. The fourth-order valence-corrected chi connectivity index (χ4v) is 1.03. The Morgan fingerprint density at radius 3 is 2.44 bits per heavy atom. The number of rotatable bonds is 1. The maximum Gasteiger partial charge on any atom is 0.158 e. The highest BCUT2D eigenvalue weighted by Gasteiger charge is 2.12. The summed E-state index contributed by atoms with van der Waals surface area (Å²) in [7, 11) is 0. The third kappa shape index (κ3) is 1.18. The summed E-state index contributed by atoms with van der Waals surface area (Å²) in [5.41, 5.74) is 1.25. The molecule has 1 N–H and O–H groups in total. The molecule has 9 heavy (non-hydrogen) atoms. The molecule has 2 nitrogen and oxygen atoms in total. The Bertz CT molecular complexity index is 138. The van der Waals surface area contributed by atoms with Gasteiger partial charge in [0.05, 0.1) is 5.70 Å². The van der Waals surface area contributed by atoms with Crippen molar-refractivity contribution in [2.24, 2.45) is 5.92 Å². The summed E-state index contributed by atoms with van der Waals surface area (Å²) in [5.74, 6) is 1.61. The van der Waals surface area contributed by atoms with Gasteiger partial charge in [-0.25, -0.2) is 0 Å². The van der Waals surface area contributed by atoms with Gasteiger partial charge in [0.1, 0.15) is 5.76 Å². The molecule has 0 saturated heterocycles. The summed E-state index contributed by atoms with van der Waals surface area (Å²) in [6.45, 7) is 6.95. The zero-order valence-corrected chi connectivity index (χ0v) is 6.19. The first-order valence-electron chi connectivity index (χ1n) is 3.29. The lowest BCUT2D eigenvalue weighted by molar-refractivity contribution is 0.234. The summed E-state index contributed by atoms with van der Waals surface area (Å²) >= 11 is 0. The first-order valence-corrected chi connectivity index (χ1v) is 3.29. The Kier molecular flexibility index (Phi) is 1.65. The van der Waals surface area contributed by atoms with Crippen molar-refractivity contribution in [3.05, 3.63) is 11.5 Å². The van der Waals surface area contributed by atoms with E-state index in [9.17, 15) is 0 Å². The zero-order chi connectivity index (χ0) is 6.85. The molecule has 0 unspecified atom stereocenters. The summed E-state index contributed by atoms with van der Waals surface area (Å²) in [5, 5.41) is 3.16. The first kappa shape index (κ1) is 6.46. The van der Waals surface area contributed by atoms with Crippen molar-refractivity contribution in [1.82, 2.24) is 5.32 Å². The van der Waals surface area contributed by atoms with E-state index in [0.717, 1.165) is 5.76 Å². The van der Waals surface area contributed by atoms with Crippen molar-refractivity contribution in [1.29, 1.82) is 0 Å². The molecule has 0 fully saturated rings. The largest absolute Gasteiger partial charge is 0.476 e. The van der Waals surface area contributed by atoms with E-state index < -0.39 is 0 Å². The summed E-state index contributed by atoms with van der Waals surface area (Å²) in [6.07, 6.45) is 0. The first-order chi connectivity index (χ1) is 4.22. The topological polar surface area (TPSA) is 21.3 Å². The van der Waals surface area contributed by atoms with Gasteiger partial charge in [-0.1, -0.05) is 13.8 Å². The maximum absolute atomic E-state index is 5.20. The molecule has 1 rings (SSSR count). The fraction of sp³-hybridized carbons (Fsp3) is 0.714. The van der Waals surface area contributed by atoms with E-state index in [0.29, 0.717) is 12.6 Å². The minimum atomic E-state index is 0.562. The van der Waals surface area contributed by atoms with Crippen LogP contribution in [-0.2, 0) is 4.74 Å². The summed E-state index contributed by atoms with van der Waals surface area (Å²) < 4.78 is 5.20. The highest BCUT2D eigenvalue weighted by molar-refractivity contribution is 5.09. The van der Waals surface area contributed by atoms with Crippen molar-refractivity contribution in [3.63, 3.8) is 0 Å². The van der Waals surface area contributed by atoms with E-state index in [1.54, 1.807) is 0 Å². The molecular weight excluding hydrogens is 114 g/mol.